The molecule has 0 bridgehead atoms. The summed E-state index contributed by atoms with van der Waals surface area (Å²) in [7, 11) is -8.15. The number of nitrogens with two attached hydrogens (primary N) is 2. The van der Waals surface area contributed by atoms with Gasteiger partial charge < -0.3 is 8.37 Å². The van der Waals surface area contributed by atoms with Crippen molar-refractivity contribution < 1.29 is 25.2 Å². The van der Waals surface area contributed by atoms with Gasteiger partial charge in [0, 0.05) is 0 Å². The fourth-order valence-corrected chi connectivity index (χ4v) is 3.63. The highest BCUT2D eigenvalue weighted by atomic mass is 32.2. The highest BCUT2D eigenvalue weighted by molar-refractivity contribution is 7.85. The molecule has 0 saturated heterocycles. The van der Waals surface area contributed by atoms with E-state index < -0.39 is 20.6 Å². The van der Waals surface area contributed by atoms with Crippen molar-refractivity contribution in [2.24, 2.45) is 10.3 Å². The Bertz CT molecular complexity index is 971. The Morgan fingerprint density at radius 2 is 0.964 bits per heavy atom. The molecule has 0 aliphatic carbocycles. The molecule has 0 amide bonds. The number of hydrogen-bond donors (Lipinski definition) is 2. The van der Waals surface area contributed by atoms with Gasteiger partial charge in [0.2, 0.25) is 0 Å². The molecule has 2 aromatic carbocycles. The Labute approximate surface area is 165 Å². The quantitative estimate of drug-likeness (QED) is 0.622. The van der Waals surface area contributed by atoms with Crippen molar-refractivity contribution in [3.63, 3.8) is 0 Å². The zero-order valence-corrected chi connectivity index (χ0v) is 17.1. The van der Waals surface area contributed by atoms with E-state index in [1.54, 1.807) is 24.3 Å². The number of benzene rings is 2. The number of rotatable bonds is 8. The Hall–Kier alpha value is -2.40. The van der Waals surface area contributed by atoms with E-state index >= 15 is 0 Å². The molecule has 0 fully saturated rings. The Kier molecular flexibility index (Phi) is 6.83. The van der Waals surface area contributed by atoms with Gasteiger partial charge in [0.25, 0.3) is 0 Å². The molecule has 0 radical (unpaired) electrons. The molecule has 4 N–H and O–H groups in total. The number of hydrogen-bond acceptors (Lipinski definition) is 6. The van der Waals surface area contributed by atoms with Crippen LogP contribution in [0, 0.1) is 0 Å². The predicted molar refractivity (Wildman–Crippen MR) is 108 cm³/mol. The van der Waals surface area contributed by atoms with E-state index in [1.807, 2.05) is 13.8 Å². The molecule has 28 heavy (non-hydrogen) atoms. The van der Waals surface area contributed by atoms with Gasteiger partial charge in [-0.3, -0.25) is 0 Å². The van der Waals surface area contributed by atoms with Crippen LogP contribution in [0.3, 0.4) is 0 Å². The summed E-state index contributed by atoms with van der Waals surface area (Å²) in [5.74, 6) is 0.258. The van der Waals surface area contributed by atoms with Crippen LogP contribution in [0.5, 0.6) is 11.5 Å². The SMILES string of the molecule is CCC(=C(CC)c1ccc(OS(N)(=O)=O)cc1)c1ccc(OS(N)(=O)=O)cc1. The summed E-state index contributed by atoms with van der Waals surface area (Å²) in [6.07, 6.45) is 1.46. The van der Waals surface area contributed by atoms with Crippen molar-refractivity contribution in [1.29, 1.82) is 0 Å². The average molecular weight is 427 g/mol. The minimum absolute atomic E-state index is 0.129. The molecule has 0 spiro atoms. The second kappa shape index (κ2) is 8.74. The molecule has 0 aromatic heterocycles. The van der Waals surface area contributed by atoms with E-state index in [4.69, 9.17) is 10.3 Å². The van der Waals surface area contributed by atoms with E-state index in [0.29, 0.717) is 0 Å². The molecule has 0 saturated carbocycles. The topological polar surface area (TPSA) is 139 Å². The maximum atomic E-state index is 11.0. The van der Waals surface area contributed by atoms with Crippen molar-refractivity contribution in [3.05, 3.63) is 59.7 Å². The van der Waals surface area contributed by atoms with Crippen LogP contribution in [0.1, 0.15) is 37.8 Å². The maximum absolute atomic E-state index is 11.0. The zero-order valence-electron chi connectivity index (χ0n) is 15.5. The molecule has 0 aliphatic rings. The molecular formula is C18H22N2O6S2. The van der Waals surface area contributed by atoms with Gasteiger partial charge in [-0.15, -0.1) is 0 Å². The monoisotopic (exact) mass is 426 g/mol. The van der Waals surface area contributed by atoms with E-state index in [9.17, 15) is 16.8 Å². The van der Waals surface area contributed by atoms with Gasteiger partial charge in [-0.1, -0.05) is 38.1 Å². The fourth-order valence-electron chi connectivity index (χ4n) is 2.88. The second-order valence-corrected chi connectivity index (χ2v) is 8.17. The normalized spacial score (nSPS) is 13.0. The minimum Gasteiger partial charge on any atom is -0.371 e. The van der Waals surface area contributed by atoms with Crippen molar-refractivity contribution in [3.8, 4) is 11.5 Å². The van der Waals surface area contributed by atoms with Crippen molar-refractivity contribution >= 4 is 31.8 Å². The van der Waals surface area contributed by atoms with Crippen molar-refractivity contribution in [2.75, 3.05) is 0 Å². The van der Waals surface area contributed by atoms with Crippen molar-refractivity contribution in [2.45, 2.75) is 26.7 Å². The third-order valence-corrected chi connectivity index (χ3v) is 4.75. The van der Waals surface area contributed by atoms with Crippen molar-refractivity contribution in [1.82, 2.24) is 0 Å². The van der Waals surface area contributed by atoms with Crippen LogP contribution in [-0.2, 0) is 20.6 Å². The lowest BCUT2D eigenvalue weighted by atomic mass is 9.91. The van der Waals surface area contributed by atoms with Crippen LogP contribution in [0.25, 0.3) is 11.1 Å². The van der Waals surface area contributed by atoms with Gasteiger partial charge in [0.05, 0.1) is 0 Å². The lowest BCUT2D eigenvalue weighted by molar-refractivity contribution is 0.485. The zero-order chi connectivity index (χ0) is 20.9. The molecule has 8 nitrogen and oxygen atoms in total. The summed E-state index contributed by atoms with van der Waals surface area (Å²) in [6.45, 7) is 4.02. The largest absolute Gasteiger partial charge is 0.380 e. The molecule has 2 aromatic rings. The van der Waals surface area contributed by atoms with Gasteiger partial charge in [-0.25, -0.2) is 0 Å². The summed E-state index contributed by atoms with van der Waals surface area (Å²) in [5, 5.41) is 9.75. The third kappa shape index (κ3) is 6.34. The highest BCUT2D eigenvalue weighted by Gasteiger charge is 2.12. The van der Waals surface area contributed by atoms with Gasteiger partial charge in [0.1, 0.15) is 11.5 Å². The Balaban J connectivity index is 2.39. The standard InChI is InChI=1S/C18H22N2O6S2/c1-3-17(13-5-9-15(10-6-13)25-27(19,21)22)18(4-2)14-7-11-16(12-8-14)26-28(20,23)24/h5-12H,3-4H2,1-2H3,(H2,19,21,22)(H2,20,23,24). The van der Waals surface area contributed by atoms with Crippen LogP contribution < -0.4 is 18.6 Å². The average Bonchev–Trinajstić information content (AvgIpc) is 2.59. The molecule has 0 unspecified atom stereocenters. The lowest BCUT2D eigenvalue weighted by Gasteiger charge is -2.15. The lowest BCUT2D eigenvalue weighted by Crippen LogP contribution is -2.18. The van der Waals surface area contributed by atoms with Crippen LogP contribution in [0.2, 0.25) is 0 Å². The third-order valence-electron chi connectivity index (χ3n) is 3.90. The molecule has 0 heterocycles. The first-order valence-corrected chi connectivity index (χ1v) is 11.3. The van der Waals surface area contributed by atoms with Gasteiger partial charge in [-0.05, 0) is 59.4 Å². The molecule has 10 heteroatoms. The molecule has 2 rings (SSSR count). The second-order valence-electron chi connectivity index (χ2n) is 5.87. The Morgan fingerprint density at radius 3 is 1.18 bits per heavy atom. The molecular weight excluding hydrogens is 404 g/mol. The van der Waals surface area contributed by atoms with Crippen LogP contribution >= 0.6 is 0 Å². The first-order chi connectivity index (χ1) is 13.0. The van der Waals surface area contributed by atoms with Gasteiger partial charge in [0.15, 0.2) is 0 Å². The highest BCUT2D eigenvalue weighted by Crippen LogP contribution is 2.33. The van der Waals surface area contributed by atoms with E-state index in [2.05, 4.69) is 8.37 Å². The summed E-state index contributed by atoms with van der Waals surface area (Å²) in [6, 6.07) is 13.2. The van der Waals surface area contributed by atoms with Crippen LogP contribution in [-0.4, -0.2) is 16.8 Å². The van der Waals surface area contributed by atoms with E-state index in [-0.39, 0.29) is 11.5 Å². The fraction of sp³-hybridized carbons (Fsp3) is 0.222. The molecule has 152 valence electrons. The van der Waals surface area contributed by atoms with Crippen LogP contribution in [0.4, 0.5) is 0 Å². The number of allylic oxidation sites excluding steroid dienone is 2. The first-order valence-electron chi connectivity index (χ1n) is 8.39. The van der Waals surface area contributed by atoms with Gasteiger partial charge in [-0.2, -0.15) is 27.1 Å². The van der Waals surface area contributed by atoms with E-state index in [1.165, 1.54) is 24.3 Å². The summed E-state index contributed by atoms with van der Waals surface area (Å²) in [4.78, 5) is 0. The maximum Gasteiger partial charge on any atom is 0.380 e. The van der Waals surface area contributed by atoms with Crippen LogP contribution in [0.15, 0.2) is 48.5 Å². The minimum atomic E-state index is -4.07. The smallest absolute Gasteiger partial charge is 0.371 e. The Morgan fingerprint density at radius 1 is 0.679 bits per heavy atom. The molecule has 0 aliphatic heterocycles. The van der Waals surface area contributed by atoms with Gasteiger partial charge >= 0.3 is 20.6 Å². The summed E-state index contributed by atoms with van der Waals surface area (Å²) >= 11 is 0. The van der Waals surface area contributed by atoms with E-state index in [0.717, 1.165) is 35.1 Å². The summed E-state index contributed by atoms with van der Waals surface area (Å²) in [5.41, 5.74) is 3.94. The first kappa shape index (κ1) is 21.9. The predicted octanol–water partition coefficient (Wildman–Crippen LogP) is 2.58. The summed E-state index contributed by atoms with van der Waals surface area (Å²) < 4.78 is 53.4. The molecule has 0 atom stereocenters.